The predicted octanol–water partition coefficient (Wildman–Crippen LogP) is 2.62. The highest BCUT2D eigenvalue weighted by atomic mass is 19.1. The van der Waals surface area contributed by atoms with Crippen LogP contribution < -0.4 is 5.32 Å². The molecule has 0 aliphatic rings. The van der Waals surface area contributed by atoms with Crippen LogP contribution in [0.2, 0.25) is 0 Å². The summed E-state index contributed by atoms with van der Waals surface area (Å²) in [6.07, 6.45) is 0. The van der Waals surface area contributed by atoms with Gasteiger partial charge in [0.1, 0.15) is 23.9 Å². The van der Waals surface area contributed by atoms with Crippen LogP contribution in [-0.4, -0.2) is 18.2 Å². The third-order valence-corrected chi connectivity index (χ3v) is 3.09. The second-order valence-electron chi connectivity index (χ2n) is 4.50. The Morgan fingerprint density at radius 2 is 2.10 bits per heavy atom. The molecule has 112 valence electrons. The van der Waals surface area contributed by atoms with E-state index in [1.165, 1.54) is 13.2 Å². The highest BCUT2D eigenvalue weighted by molar-refractivity contribution is 5.90. The first-order valence-electron chi connectivity index (χ1n) is 6.36. The van der Waals surface area contributed by atoms with Gasteiger partial charge in [-0.3, -0.25) is 0 Å². The van der Waals surface area contributed by atoms with Crippen molar-refractivity contribution in [3.63, 3.8) is 0 Å². The number of anilines is 1. The largest absolute Gasteiger partial charge is 0.465 e. The normalized spacial score (nSPS) is 10.5. The number of nitrogens with one attached hydrogen (secondary N) is 1. The molecule has 0 aliphatic heterocycles. The molecule has 0 amide bonds. The van der Waals surface area contributed by atoms with E-state index >= 15 is 0 Å². The van der Waals surface area contributed by atoms with Gasteiger partial charge in [0, 0.05) is 11.3 Å². The summed E-state index contributed by atoms with van der Waals surface area (Å²) in [7, 11) is 1.24. The van der Waals surface area contributed by atoms with Crippen molar-refractivity contribution in [3.05, 3.63) is 52.7 Å². The van der Waals surface area contributed by atoms with E-state index in [-0.39, 0.29) is 12.2 Å². The van der Waals surface area contributed by atoms with Gasteiger partial charge in [0.15, 0.2) is 0 Å². The van der Waals surface area contributed by atoms with Crippen LogP contribution in [0.25, 0.3) is 0 Å². The van der Waals surface area contributed by atoms with Gasteiger partial charge in [-0.15, -0.1) is 0 Å². The molecule has 0 saturated carbocycles. The van der Waals surface area contributed by atoms with Gasteiger partial charge in [0.25, 0.3) is 0 Å². The smallest absolute Gasteiger partial charge is 0.338 e. The van der Waals surface area contributed by atoms with Crippen LogP contribution >= 0.6 is 0 Å². The number of hydrogen-bond donors (Lipinski definition) is 2. The van der Waals surface area contributed by atoms with Crippen LogP contribution in [0, 0.1) is 12.7 Å². The Bertz CT molecular complexity index is 651. The van der Waals surface area contributed by atoms with Crippen molar-refractivity contribution < 1.29 is 23.4 Å². The fourth-order valence-electron chi connectivity index (χ4n) is 1.88. The van der Waals surface area contributed by atoms with Crippen LogP contribution in [-0.2, 0) is 17.9 Å². The number of carbonyl (C=O) groups excluding carboxylic acids is 1. The third-order valence-electron chi connectivity index (χ3n) is 3.09. The summed E-state index contributed by atoms with van der Waals surface area (Å²) in [5.41, 5.74) is 1.02. The number of halogens is 1. The number of esters is 1. The molecular formula is C15H16FNO4. The number of methoxy groups -OCH3 is 1. The van der Waals surface area contributed by atoms with Crippen LogP contribution in [0.1, 0.15) is 27.4 Å². The summed E-state index contributed by atoms with van der Waals surface area (Å²) in [6, 6.07) is 6.05. The molecule has 1 aromatic carbocycles. The molecule has 0 unspecified atom stereocenters. The summed E-state index contributed by atoms with van der Waals surface area (Å²) in [4.78, 5) is 11.5. The molecule has 0 atom stereocenters. The molecular weight excluding hydrogens is 277 g/mol. The molecule has 0 bridgehead atoms. The minimum absolute atomic E-state index is 0.138. The zero-order chi connectivity index (χ0) is 15.4. The summed E-state index contributed by atoms with van der Waals surface area (Å²) in [5.74, 6) is -0.0336. The Kier molecular flexibility index (Phi) is 4.59. The monoisotopic (exact) mass is 293 g/mol. The predicted molar refractivity (Wildman–Crippen MR) is 74.4 cm³/mol. The second-order valence-corrected chi connectivity index (χ2v) is 4.50. The number of benzene rings is 1. The first-order chi connectivity index (χ1) is 10.0. The maximum Gasteiger partial charge on any atom is 0.338 e. The zero-order valence-corrected chi connectivity index (χ0v) is 11.8. The number of aliphatic hydroxyl groups excluding tert-OH is 1. The molecule has 0 aliphatic carbocycles. The summed E-state index contributed by atoms with van der Waals surface area (Å²) in [5, 5.41) is 11.9. The molecule has 0 radical (unpaired) electrons. The van der Waals surface area contributed by atoms with Crippen molar-refractivity contribution in [2.45, 2.75) is 20.1 Å². The standard InChI is InChI=1S/C15H16FNO4/c1-9-13(16)5-10(15(19)20-2)6-14(9)17-7-11-3-4-12(8-18)21-11/h3-6,17-18H,7-8H2,1-2H3. The van der Waals surface area contributed by atoms with E-state index < -0.39 is 11.8 Å². The summed E-state index contributed by atoms with van der Waals surface area (Å²) < 4.78 is 23.7. The number of furan rings is 1. The van der Waals surface area contributed by atoms with E-state index in [1.54, 1.807) is 19.1 Å². The summed E-state index contributed by atoms with van der Waals surface area (Å²) >= 11 is 0. The fraction of sp³-hybridized carbons (Fsp3) is 0.267. The Hall–Kier alpha value is -2.34. The number of aliphatic hydroxyl groups is 1. The van der Waals surface area contributed by atoms with Crippen LogP contribution in [0.5, 0.6) is 0 Å². The van der Waals surface area contributed by atoms with Crippen molar-refractivity contribution in [1.82, 2.24) is 0 Å². The van der Waals surface area contributed by atoms with Crippen LogP contribution in [0.15, 0.2) is 28.7 Å². The SMILES string of the molecule is COC(=O)c1cc(F)c(C)c(NCc2ccc(CO)o2)c1. The lowest BCUT2D eigenvalue weighted by atomic mass is 10.1. The molecule has 0 fully saturated rings. The average Bonchev–Trinajstić information content (AvgIpc) is 2.95. The summed E-state index contributed by atoms with van der Waals surface area (Å²) in [6.45, 7) is 1.75. The molecule has 1 heterocycles. The maximum atomic E-state index is 13.8. The van der Waals surface area contributed by atoms with Crippen molar-refractivity contribution in [1.29, 1.82) is 0 Å². The number of ether oxygens (including phenoxy) is 1. The van der Waals surface area contributed by atoms with Gasteiger partial charge in [-0.25, -0.2) is 9.18 Å². The number of hydrogen-bond acceptors (Lipinski definition) is 5. The Balaban J connectivity index is 2.18. The van der Waals surface area contributed by atoms with E-state index in [0.717, 1.165) is 6.07 Å². The zero-order valence-electron chi connectivity index (χ0n) is 11.8. The lowest BCUT2D eigenvalue weighted by molar-refractivity contribution is 0.0600. The van der Waals surface area contributed by atoms with Gasteiger partial charge in [0.2, 0.25) is 0 Å². The molecule has 0 spiro atoms. The van der Waals surface area contributed by atoms with Crippen LogP contribution in [0.4, 0.5) is 10.1 Å². The average molecular weight is 293 g/mol. The molecule has 5 nitrogen and oxygen atoms in total. The molecule has 2 rings (SSSR count). The van der Waals surface area contributed by atoms with Gasteiger partial charge in [-0.1, -0.05) is 0 Å². The first-order valence-corrected chi connectivity index (χ1v) is 6.36. The molecule has 0 saturated heterocycles. The Morgan fingerprint density at radius 1 is 1.38 bits per heavy atom. The Labute approximate surface area is 121 Å². The van der Waals surface area contributed by atoms with Crippen molar-refractivity contribution >= 4 is 11.7 Å². The van der Waals surface area contributed by atoms with Gasteiger partial charge >= 0.3 is 5.97 Å². The topological polar surface area (TPSA) is 71.7 Å². The third kappa shape index (κ3) is 3.41. The molecule has 2 N–H and O–H groups in total. The van der Waals surface area contributed by atoms with E-state index in [9.17, 15) is 9.18 Å². The first kappa shape index (κ1) is 15.1. The molecule has 2 aromatic rings. The van der Waals surface area contributed by atoms with E-state index in [1.807, 2.05) is 0 Å². The fourth-order valence-corrected chi connectivity index (χ4v) is 1.88. The number of carbonyl (C=O) groups is 1. The highest BCUT2D eigenvalue weighted by Gasteiger charge is 2.13. The molecule has 1 aromatic heterocycles. The van der Waals surface area contributed by atoms with Crippen LogP contribution in [0.3, 0.4) is 0 Å². The molecule has 6 heteroatoms. The van der Waals surface area contributed by atoms with Gasteiger partial charge < -0.3 is 19.6 Å². The van der Waals surface area contributed by atoms with E-state index in [4.69, 9.17) is 9.52 Å². The van der Waals surface area contributed by atoms with Crippen molar-refractivity contribution in [3.8, 4) is 0 Å². The van der Waals surface area contributed by atoms with E-state index in [0.29, 0.717) is 29.3 Å². The van der Waals surface area contributed by atoms with Gasteiger partial charge in [0.05, 0.1) is 19.2 Å². The lowest BCUT2D eigenvalue weighted by Crippen LogP contribution is -2.07. The maximum absolute atomic E-state index is 13.8. The lowest BCUT2D eigenvalue weighted by Gasteiger charge is -2.11. The second kappa shape index (κ2) is 6.41. The highest BCUT2D eigenvalue weighted by Crippen LogP contribution is 2.22. The minimum Gasteiger partial charge on any atom is -0.465 e. The Morgan fingerprint density at radius 3 is 2.71 bits per heavy atom. The quantitative estimate of drug-likeness (QED) is 0.829. The van der Waals surface area contributed by atoms with Gasteiger partial charge in [-0.05, 0) is 31.2 Å². The number of rotatable bonds is 5. The molecule has 21 heavy (non-hydrogen) atoms. The van der Waals surface area contributed by atoms with Gasteiger partial charge in [-0.2, -0.15) is 0 Å². The van der Waals surface area contributed by atoms with Crippen molar-refractivity contribution in [2.75, 3.05) is 12.4 Å². The minimum atomic E-state index is -0.600. The van der Waals surface area contributed by atoms with Crippen molar-refractivity contribution in [2.24, 2.45) is 0 Å². The van der Waals surface area contributed by atoms with E-state index in [2.05, 4.69) is 10.1 Å².